The Morgan fingerprint density at radius 2 is 2.00 bits per heavy atom. The third-order valence-electron chi connectivity index (χ3n) is 2.58. The second-order valence-corrected chi connectivity index (χ2v) is 4.53. The van der Waals surface area contributed by atoms with Crippen molar-refractivity contribution in [1.82, 2.24) is 4.98 Å². The fourth-order valence-corrected chi connectivity index (χ4v) is 1.72. The average Bonchev–Trinajstić information content (AvgIpc) is 2.41. The minimum absolute atomic E-state index is 0.0165. The van der Waals surface area contributed by atoms with Crippen LogP contribution in [0.5, 0.6) is 0 Å². The number of amides is 1. The van der Waals surface area contributed by atoms with E-state index in [1.807, 2.05) is 0 Å². The van der Waals surface area contributed by atoms with E-state index in [9.17, 15) is 18.0 Å². The molecule has 0 aliphatic heterocycles. The fourth-order valence-electron chi connectivity index (χ4n) is 1.55. The molecule has 0 saturated carbocycles. The molecule has 0 aliphatic rings. The first-order chi connectivity index (χ1) is 9.77. The number of nitrogens with two attached hydrogens (primary N) is 1. The molecule has 1 heterocycles. The van der Waals surface area contributed by atoms with Crippen LogP contribution in [0.15, 0.2) is 36.5 Å². The van der Waals surface area contributed by atoms with Crippen molar-refractivity contribution < 1.29 is 18.0 Å². The maximum absolute atomic E-state index is 12.6. The van der Waals surface area contributed by atoms with E-state index in [2.05, 4.69) is 10.3 Å². The number of pyridine rings is 1. The lowest BCUT2D eigenvalue weighted by Crippen LogP contribution is -2.13. The van der Waals surface area contributed by atoms with Crippen LogP contribution in [0, 0.1) is 0 Å². The van der Waals surface area contributed by atoms with Gasteiger partial charge in [-0.15, -0.1) is 0 Å². The molecule has 0 atom stereocenters. The number of nitrogens with zero attached hydrogens (tertiary/aromatic N) is 1. The second kappa shape index (κ2) is 5.61. The number of carbonyl (C=O) groups excluding carboxylic acids is 1. The summed E-state index contributed by atoms with van der Waals surface area (Å²) in [7, 11) is 0. The van der Waals surface area contributed by atoms with Crippen molar-refractivity contribution >= 4 is 29.0 Å². The van der Waals surface area contributed by atoms with E-state index in [1.54, 1.807) is 0 Å². The molecule has 0 aliphatic carbocycles. The summed E-state index contributed by atoms with van der Waals surface area (Å²) in [6.07, 6.45) is -3.29. The van der Waals surface area contributed by atoms with Crippen LogP contribution in [0.2, 0.25) is 5.02 Å². The highest BCUT2D eigenvalue weighted by atomic mass is 35.5. The number of anilines is 2. The van der Waals surface area contributed by atoms with Gasteiger partial charge < -0.3 is 11.1 Å². The number of nitrogen functional groups attached to an aromatic ring is 1. The van der Waals surface area contributed by atoms with Crippen LogP contribution in [-0.2, 0) is 6.18 Å². The summed E-state index contributed by atoms with van der Waals surface area (Å²) in [5.41, 5.74) is 4.66. The number of nitrogens with one attached hydrogen (secondary N) is 1. The average molecular weight is 316 g/mol. The molecule has 4 nitrogen and oxygen atoms in total. The van der Waals surface area contributed by atoms with Crippen molar-refractivity contribution in [2.24, 2.45) is 0 Å². The highest BCUT2D eigenvalue weighted by molar-refractivity contribution is 6.33. The molecule has 0 unspecified atom stereocenters. The number of hydrogen-bond acceptors (Lipinski definition) is 3. The van der Waals surface area contributed by atoms with Gasteiger partial charge in [0.2, 0.25) is 0 Å². The van der Waals surface area contributed by atoms with Gasteiger partial charge >= 0.3 is 6.18 Å². The smallest absolute Gasteiger partial charge is 0.382 e. The van der Waals surface area contributed by atoms with E-state index in [4.69, 9.17) is 17.3 Å². The van der Waals surface area contributed by atoms with Gasteiger partial charge in [0.25, 0.3) is 5.91 Å². The Hall–Kier alpha value is -2.28. The lowest BCUT2D eigenvalue weighted by atomic mass is 10.2. The molecule has 2 aromatic rings. The van der Waals surface area contributed by atoms with Crippen molar-refractivity contribution in [3.63, 3.8) is 0 Å². The molecule has 8 heteroatoms. The fraction of sp³-hybridized carbons (Fsp3) is 0.0769. The van der Waals surface area contributed by atoms with Crippen LogP contribution < -0.4 is 11.1 Å². The number of benzene rings is 1. The molecule has 3 N–H and O–H groups in total. The summed E-state index contributed by atoms with van der Waals surface area (Å²) in [6, 6.07) is 5.58. The van der Waals surface area contributed by atoms with Gasteiger partial charge in [-0.05, 0) is 24.3 Å². The summed E-state index contributed by atoms with van der Waals surface area (Å²) >= 11 is 5.73. The van der Waals surface area contributed by atoms with Crippen LogP contribution in [0.25, 0.3) is 0 Å². The zero-order valence-corrected chi connectivity index (χ0v) is 11.2. The largest absolute Gasteiger partial charge is 0.416 e. The maximum atomic E-state index is 12.6. The van der Waals surface area contributed by atoms with Crippen LogP contribution >= 0.6 is 11.6 Å². The van der Waals surface area contributed by atoms with E-state index in [-0.39, 0.29) is 22.1 Å². The Balaban J connectivity index is 2.21. The number of aromatic nitrogens is 1. The van der Waals surface area contributed by atoms with Crippen molar-refractivity contribution in [2.45, 2.75) is 6.18 Å². The molecule has 0 saturated heterocycles. The third kappa shape index (κ3) is 3.63. The summed E-state index contributed by atoms with van der Waals surface area (Å²) < 4.78 is 37.7. The Morgan fingerprint density at radius 1 is 1.29 bits per heavy atom. The summed E-state index contributed by atoms with van der Waals surface area (Å²) in [5, 5.41) is 2.43. The maximum Gasteiger partial charge on any atom is 0.416 e. The topological polar surface area (TPSA) is 68.0 Å². The van der Waals surface area contributed by atoms with Gasteiger partial charge in [0.15, 0.2) is 0 Å². The Kier molecular flexibility index (Phi) is 4.04. The van der Waals surface area contributed by atoms with Gasteiger partial charge in [-0.25, -0.2) is 4.98 Å². The molecule has 1 aromatic heterocycles. The first-order valence-corrected chi connectivity index (χ1v) is 6.05. The normalized spacial score (nSPS) is 11.2. The highest BCUT2D eigenvalue weighted by Crippen LogP contribution is 2.30. The van der Waals surface area contributed by atoms with Gasteiger partial charge in [0, 0.05) is 11.9 Å². The van der Waals surface area contributed by atoms with Crippen LogP contribution in [-0.4, -0.2) is 10.9 Å². The summed E-state index contributed by atoms with van der Waals surface area (Å²) in [6.45, 7) is 0. The van der Waals surface area contributed by atoms with Crippen LogP contribution in [0.1, 0.15) is 15.9 Å². The molecule has 1 aromatic carbocycles. The van der Waals surface area contributed by atoms with E-state index in [0.717, 1.165) is 12.1 Å². The number of hydrogen-bond donors (Lipinski definition) is 2. The first kappa shape index (κ1) is 15.1. The zero-order valence-electron chi connectivity index (χ0n) is 10.4. The predicted molar refractivity (Wildman–Crippen MR) is 73.1 cm³/mol. The summed E-state index contributed by atoms with van der Waals surface area (Å²) in [5.74, 6) is -0.573. The molecule has 0 spiro atoms. The molecule has 110 valence electrons. The Labute approximate surface area is 122 Å². The highest BCUT2D eigenvalue weighted by Gasteiger charge is 2.30. The number of halogens is 4. The minimum atomic E-state index is -4.48. The van der Waals surface area contributed by atoms with Crippen LogP contribution in [0.3, 0.4) is 0 Å². The minimum Gasteiger partial charge on any atom is -0.382 e. The summed E-state index contributed by atoms with van der Waals surface area (Å²) in [4.78, 5) is 15.6. The van der Waals surface area contributed by atoms with Crippen molar-refractivity contribution in [1.29, 1.82) is 0 Å². The molecule has 21 heavy (non-hydrogen) atoms. The molecule has 0 radical (unpaired) electrons. The van der Waals surface area contributed by atoms with Gasteiger partial charge in [-0.1, -0.05) is 17.7 Å². The molecule has 1 amide bonds. The lowest BCUT2D eigenvalue weighted by molar-refractivity contribution is -0.137. The monoisotopic (exact) mass is 315 g/mol. The van der Waals surface area contributed by atoms with Gasteiger partial charge in [-0.3, -0.25) is 4.79 Å². The van der Waals surface area contributed by atoms with Crippen molar-refractivity contribution in [3.05, 3.63) is 52.7 Å². The van der Waals surface area contributed by atoms with Gasteiger partial charge in [-0.2, -0.15) is 13.2 Å². The van der Waals surface area contributed by atoms with Crippen molar-refractivity contribution in [3.8, 4) is 0 Å². The van der Waals surface area contributed by atoms with E-state index in [1.165, 1.54) is 24.4 Å². The molecule has 0 fully saturated rings. The second-order valence-electron chi connectivity index (χ2n) is 4.12. The van der Waals surface area contributed by atoms with E-state index < -0.39 is 17.6 Å². The van der Waals surface area contributed by atoms with E-state index in [0.29, 0.717) is 0 Å². The standard InChI is InChI=1S/C13H9ClF3N3O/c14-10-4-7(6-19-11(10)18)12(21)20-9-3-1-2-8(5-9)13(15,16)17/h1-6H,(H2,18,19)(H,20,21). The lowest BCUT2D eigenvalue weighted by Gasteiger charge is -2.10. The molecular weight excluding hydrogens is 307 g/mol. The van der Waals surface area contributed by atoms with Crippen LogP contribution in [0.4, 0.5) is 24.7 Å². The number of carbonyl (C=O) groups is 1. The zero-order chi connectivity index (χ0) is 15.6. The van der Waals surface area contributed by atoms with Gasteiger partial charge in [0.1, 0.15) is 5.82 Å². The first-order valence-electron chi connectivity index (χ1n) is 5.67. The SMILES string of the molecule is Nc1ncc(C(=O)Nc2cccc(C(F)(F)F)c2)cc1Cl. The molecule has 0 bridgehead atoms. The van der Waals surface area contributed by atoms with E-state index >= 15 is 0 Å². The van der Waals surface area contributed by atoms with Crippen molar-refractivity contribution in [2.75, 3.05) is 11.1 Å². The quantitative estimate of drug-likeness (QED) is 0.890. The van der Waals surface area contributed by atoms with Gasteiger partial charge in [0.05, 0.1) is 16.1 Å². The number of alkyl halides is 3. The predicted octanol–water partition coefficient (Wildman–Crippen LogP) is 3.59. The molecular formula is C13H9ClF3N3O. The third-order valence-corrected chi connectivity index (χ3v) is 2.88. The Bertz CT molecular complexity index is 689. The number of rotatable bonds is 2. The molecule has 2 rings (SSSR count). The Morgan fingerprint density at radius 3 is 2.62 bits per heavy atom.